The van der Waals surface area contributed by atoms with E-state index in [0.717, 1.165) is 28.2 Å². The Balaban J connectivity index is 1.89. The van der Waals surface area contributed by atoms with Gasteiger partial charge in [0.25, 0.3) is 0 Å². The van der Waals surface area contributed by atoms with Crippen LogP contribution in [-0.4, -0.2) is 26.1 Å². The summed E-state index contributed by atoms with van der Waals surface area (Å²) in [7, 11) is 3.22. The zero-order valence-electron chi connectivity index (χ0n) is 13.7. The van der Waals surface area contributed by atoms with Gasteiger partial charge in [-0.25, -0.2) is 9.79 Å². The first-order valence-corrected chi connectivity index (χ1v) is 7.42. The van der Waals surface area contributed by atoms with Gasteiger partial charge in [0.05, 0.1) is 14.2 Å². The summed E-state index contributed by atoms with van der Waals surface area (Å²) in [6, 6.07) is 12.8. The standard InChI is InChI=1S/C19H17NO4/c1-12-10-13(4-9-17(12)23-3)11-16-19(21)24-18(20-16)14-5-7-15(22-2)8-6-14/h4-11H,1-3H3/b16-11+. The molecule has 1 heterocycles. The highest BCUT2D eigenvalue weighted by Gasteiger charge is 2.24. The third kappa shape index (κ3) is 3.15. The minimum Gasteiger partial charge on any atom is -0.497 e. The summed E-state index contributed by atoms with van der Waals surface area (Å²) in [5.74, 6) is 1.36. The predicted octanol–water partition coefficient (Wildman–Crippen LogP) is 3.36. The zero-order valence-corrected chi connectivity index (χ0v) is 13.7. The minimum absolute atomic E-state index is 0.269. The number of methoxy groups -OCH3 is 2. The summed E-state index contributed by atoms with van der Waals surface area (Å²) < 4.78 is 15.6. The molecule has 0 saturated heterocycles. The number of aryl methyl sites for hydroxylation is 1. The van der Waals surface area contributed by atoms with Crippen LogP contribution in [-0.2, 0) is 9.53 Å². The third-order valence-electron chi connectivity index (χ3n) is 3.68. The highest BCUT2D eigenvalue weighted by Crippen LogP contribution is 2.23. The fraction of sp³-hybridized carbons (Fsp3) is 0.158. The second-order valence-corrected chi connectivity index (χ2v) is 5.29. The topological polar surface area (TPSA) is 57.1 Å². The van der Waals surface area contributed by atoms with Gasteiger partial charge in [0.2, 0.25) is 5.90 Å². The van der Waals surface area contributed by atoms with Crippen LogP contribution in [0.2, 0.25) is 0 Å². The maximum atomic E-state index is 12.0. The number of nitrogens with zero attached hydrogens (tertiary/aromatic N) is 1. The molecule has 0 aromatic heterocycles. The number of carbonyl (C=O) groups is 1. The second kappa shape index (κ2) is 6.58. The fourth-order valence-corrected chi connectivity index (χ4v) is 2.42. The normalized spacial score (nSPS) is 15.2. The van der Waals surface area contributed by atoms with E-state index in [0.29, 0.717) is 5.90 Å². The van der Waals surface area contributed by atoms with Crippen molar-refractivity contribution in [3.05, 3.63) is 64.9 Å². The van der Waals surface area contributed by atoms with Crippen LogP contribution in [0.4, 0.5) is 0 Å². The molecule has 0 fully saturated rings. The molecule has 0 spiro atoms. The molecular formula is C19H17NO4. The first kappa shape index (κ1) is 15.8. The molecule has 5 heteroatoms. The monoisotopic (exact) mass is 323 g/mol. The van der Waals surface area contributed by atoms with E-state index in [4.69, 9.17) is 14.2 Å². The van der Waals surface area contributed by atoms with Crippen molar-refractivity contribution in [1.82, 2.24) is 0 Å². The molecule has 0 N–H and O–H groups in total. The summed E-state index contributed by atoms with van der Waals surface area (Å²) in [4.78, 5) is 16.3. The predicted molar refractivity (Wildman–Crippen MR) is 91.3 cm³/mol. The van der Waals surface area contributed by atoms with Crippen LogP contribution in [0, 0.1) is 6.92 Å². The summed E-state index contributed by atoms with van der Waals surface area (Å²) in [6.07, 6.45) is 1.70. The maximum absolute atomic E-state index is 12.0. The van der Waals surface area contributed by atoms with Gasteiger partial charge in [-0.1, -0.05) is 6.07 Å². The molecule has 0 bridgehead atoms. The highest BCUT2D eigenvalue weighted by molar-refractivity contribution is 6.12. The van der Waals surface area contributed by atoms with Gasteiger partial charge in [-0.15, -0.1) is 0 Å². The molecule has 0 aliphatic carbocycles. The highest BCUT2D eigenvalue weighted by atomic mass is 16.6. The van der Waals surface area contributed by atoms with Crippen LogP contribution in [0.5, 0.6) is 11.5 Å². The van der Waals surface area contributed by atoms with E-state index in [1.807, 2.05) is 25.1 Å². The molecule has 1 aliphatic rings. The largest absolute Gasteiger partial charge is 0.497 e. The number of carbonyl (C=O) groups excluding carboxylic acids is 1. The Bertz CT molecular complexity index is 835. The van der Waals surface area contributed by atoms with Crippen LogP contribution in [0.25, 0.3) is 6.08 Å². The van der Waals surface area contributed by atoms with E-state index < -0.39 is 5.97 Å². The molecule has 0 amide bonds. The average molecular weight is 323 g/mol. The van der Waals surface area contributed by atoms with Gasteiger partial charge in [0.15, 0.2) is 5.70 Å². The lowest BCUT2D eigenvalue weighted by Gasteiger charge is -2.04. The molecular weight excluding hydrogens is 306 g/mol. The molecule has 2 aromatic carbocycles. The Hall–Kier alpha value is -3.08. The van der Waals surface area contributed by atoms with E-state index in [2.05, 4.69) is 4.99 Å². The first-order chi connectivity index (χ1) is 11.6. The number of cyclic esters (lactones) is 1. The lowest BCUT2D eigenvalue weighted by atomic mass is 10.1. The molecule has 122 valence electrons. The summed E-state index contributed by atoms with van der Waals surface area (Å²) in [5.41, 5.74) is 2.83. The maximum Gasteiger partial charge on any atom is 0.363 e. The Kier molecular flexibility index (Phi) is 4.33. The molecule has 0 atom stereocenters. The van der Waals surface area contributed by atoms with E-state index in [1.54, 1.807) is 44.6 Å². The molecule has 0 saturated carbocycles. The van der Waals surface area contributed by atoms with Gasteiger partial charge in [-0.3, -0.25) is 0 Å². The van der Waals surface area contributed by atoms with Crippen LogP contribution in [0.3, 0.4) is 0 Å². The summed E-state index contributed by atoms with van der Waals surface area (Å²) >= 11 is 0. The van der Waals surface area contributed by atoms with Gasteiger partial charge in [0, 0.05) is 5.56 Å². The van der Waals surface area contributed by atoms with Crippen LogP contribution < -0.4 is 9.47 Å². The van der Waals surface area contributed by atoms with E-state index in [-0.39, 0.29) is 5.70 Å². The van der Waals surface area contributed by atoms with Gasteiger partial charge >= 0.3 is 5.97 Å². The molecule has 3 rings (SSSR count). The van der Waals surface area contributed by atoms with Gasteiger partial charge in [-0.05, 0) is 60.5 Å². The number of hydrogen-bond acceptors (Lipinski definition) is 5. The first-order valence-electron chi connectivity index (χ1n) is 7.42. The Morgan fingerprint density at radius 3 is 2.42 bits per heavy atom. The number of aliphatic imine (C=N–C) groups is 1. The number of hydrogen-bond donors (Lipinski definition) is 0. The Labute approximate surface area is 140 Å². The quantitative estimate of drug-likeness (QED) is 0.639. The molecule has 0 radical (unpaired) electrons. The molecule has 1 aliphatic heterocycles. The lowest BCUT2D eigenvalue weighted by Crippen LogP contribution is -2.05. The second-order valence-electron chi connectivity index (χ2n) is 5.29. The third-order valence-corrected chi connectivity index (χ3v) is 3.68. The van der Waals surface area contributed by atoms with Crippen LogP contribution >= 0.6 is 0 Å². The van der Waals surface area contributed by atoms with Gasteiger partial charge in [-0.2, -0.15) is 0 Å². The minimum atomic E-state index is -0.464. The Morgan fingerprint density at radius 1 is 1.04 bits per heavy atom. The lowest BCUT2D eigenvalue weighted by molar-refractivity contribution is -0.129. The van der Waals surface area contributed by atoms with Crippen LogP contribution in [0.15, 0.2) is 53.2 Å². The molecule has 24 heavy (non-hydrogen) atoms. The molecule has 0 unspecified atom stereocenters. The van der Waals surface area contributed by atoms with Crippen molar-refractivity contribution in [2.75, 3.05) is 14.2 Å². The SMILES string of the molecule is COc1ccc(C2=N/C(=C/c3ccc(OC)c(C)c3)C(=O)O2)cc1. The Morgan fingerprint density at radius 2 is 1.79 bits per heavy atom. The fourth-order valence-electron chi connectivity index (χ4n) is 2.42. The van der Waals surface area contributed by atoms with Crippen molar-refractivity contribution in [2.24, 2.45) is 4.99 Å². The van der Waals surface area contributed by atoms with Crippen molar-refractivity contribution >= 4 is 17.9 Å². The van der Waals surface area contributed by atoms with Gasteiger partial charge < -0.3 is 14.2 Å². The van der Waals surface area contributed by atoms with Crippen molar-refractivity contribution in [3.63, 3.8) is 0 Å². The number of benzene rings is 2. The van der Waals surface area contributed by atoms with Crippen molar-refractivity contribution in [1.29, 1.82) is 0 Å². The number of rotatable bonds is 4. The van der Waals surface area contributed by atoms with Crippen molar-refractivity contribution in [3.8, 4) is 11.5 Å². The smallest absolute Gasteiger partial charge is 0.363 e. The zero-order chi connectivity index (χ0) is 17.1. The summed E-state index contributed by atoms with van der Waals surface area (Å²) in [5, 5.41) is 0. The average Bonchev–Trinajstić information content (AvgIpc) is 2.96. The van der Waals surface area contributed by atoms with E-state index in [1.165, 1.54) is 0 Å². The van der Waals surface area contributed by atoms with Crippen molar-refractivity contribution in [2.45, 2.75) is 6.92 Å². The van der Waals surface area contributed by atoms with E-state index in [9.17, 15) is 4.79 Å². The summed E-state index contributed by atoms with van der Waals surface area (Å²) in [6.45, 7) is 1.94. The number of esters is 1. The van der Waals surface area contributed by atoms with Gasteiger partial charge in [0.1, 0.15) is 11.5 Å². The van der Waals surface area contributed by atoms with Crippen molar-refractivity contribution < 1.29 is 19.0 Å². The molecule has 2 aromatic rings. The molecule has 5 nitrogen and oxygen atoms in total. The number of ether oxygens (including phenoxy) is 3. The van der Waals surface area contributed by atoms with E-state index >= 15 is 0 Å². The van der Waals surface area contributed by atoms with Crippen LogP contribution in [0.1, 0.15) is 16.7 Å².